The quantitative estimate of drug-likeness (QED) is 0.201. The minimum atomic E-state index is -4.29. The zero-order chi connectivity index (χ0) is 30.8. The molecule has 14 heteroatoms. The molecular weight excluding hydrogens is 667 g/mol. The van der Waals surface area contributed by atoms with Crippen molar-refractivity contribution in [2.45, 2.75) is 31.3 Å². The Kier molecular flexibility index (Phi) is 9.73. The third-order valence-electron chi connectivity index (χ3n) is 5.91. The van der Waals surface area contributed by atoms with E-state index in [1.807, 2.05) is 37.0 Å². The maximum absolute atomic E-state index is 13.9. The average Bonchev–Trinajstić information content (AvgIpc) is 3.21. The Morgan fingerprint density at radius 1 is 1.05 bits per heavy atom. The Morgan fingerprint density at radius 3 is 2.33 bits per heavy atom. The maximum Gasteiger partial charge on any atom is 0.327 e. The number of rotatable bonds is 10. The molecule has 2 heterocycles. The van der Waals surface area contributed by atoms with Crippen LogP contribution in [0.2, 0.25) is 10.0 Å². The van der Waals surface area contributed by atoms with E-state index in [2.05, 4.69) is 36.3 Å². The first-order valence-electron chi connectivity index (χ1n) is 12.9. The van der Waals surface area contributed by atoms with Gasteiger partial charge in [-0.25, -0.2) is 8.42 Å². The van der Waals surface area contributed by atoms with Gasteiger partial charge in [0.05, 0.1) is 16.1 Å². The van der Waals surface area contributed by atoms with Gasteiger partial charge in [0.1, 0.15) is 18.0 Å². The second-order valence-electron chi connectivity index (χ2n) is 10.8. The molecule has 0 aliphatic rings. The Hall–Kier alpha value is -2.90. The molecule has 0 aliphatic carbocycles. The molecule has 0 saturated carbocycles. The minimum Gasteiger partial charge on any atom is -0.459 e. The summed E-state index contributed by atoms with van der Waals surface area (Å²) in [6.07, 6.45) is 1.82. The summed E-state index contributed by atoms with van der Waals surface area (Å²) in [6, 6.07) is 12.7. The number of nitrogens with zero attached hydrogens (tertiary/aromatic N) is 5. The van der Waals surface area contributed by atoms with Crippen LogP contribution in [0.3, 0.4) is 0 Å². The van der Waals surface area contributed by atoms with E-state index in [9.17, 15) is 13.2 Å². The van der Waals surface area contributed by atoms with Gasteiger partial charge in [-0.05, 0) is 99.3 Å². The first-order valence-corrected chi connectivity index (χ1v) is 15.9. The zero-order valence-corrected chi connectivity index (χ0v) is 27.6. The lowest BCUT2D eigenvalue weighted by Crippen LogP contribution is -2.39. The molecule has 0 bridgehead atoms. The fraction of sp³-hybridized carbons (Fsp3) is 0.321. The van der Waals surface area contributed by atoms with Crippen molar-refractivity contribution in [3.05, 3.63) is 69.2 Å². The fourth-order valence-electron chi connectivity index (χ4n) is 4.09. The minimum absolute atomic E-state index is 0.147. The highest BCUT2D eigenvalue weighted by Crippen LogP contribution is 2.34. The lowest BCUT2D eigenvalue weighted by atomic mass is 10.2. The molecule has 0 saturated heterocycles. The van der Waals surface area contributed by atoms with Gasteiger partial charge in [0.15, 0.2) is 5.82 Å². The molecule has 0 spiro atoms. The van der Waals surface area contributed by atoms with Gasteiger partial charge in [0.25, 0.3) is 10.0 Å². The summed E-state index contributed by atoms with van der Waals surface area (Å²) in [5.41, 5.74) is 0.178. The molecule has 42 heavy (non-hydrogen) atoms. The topological polar surface area (TPSA) is 110 Å². The first kappa shape index (κ1) is 32.0. The molecule has 10 nitrogen and oxygen atoms in total. The van der Waals surface area contributed by atoms with E-state index in [1.54, 1.807) is 39.0 Å². The van der Waals surface area contributed by atoms with E-state index in [0.29, 0.717) is 21.5 Å². The number of carbonyl (C=O) groups is 1. The summed E-state index contributed by atoms with van der Waals surface area (Å²) in [6.45, 7) is 6.14. The van der Waals surface area contributed by atoms with Gasteiger partial charge in [-0.15, -0.1) is 10.2 Å². The molecule has 0 amide bonds. The number of ether oxygens (including phenoxy) is 1. The number of carbonyl (C=O) groups excluding carboxylic acids is 1. The summed E-state index contributed by atoms with van der Waals surface area (Å²) >= 11 is 15.8. The molecule has 0 atom stereocenters. The largest absolute Gasteiger partial charge is 0.459 e. The van der Waals surface area contributed by atoms with Crippen molar-refractivity contribution < 1.29 is 17.9 Å². The Balaban J connectivity index is 1.73. The van der Waals surface area contributed by atoms with E-state index >= 15 is 0 Å². The molecule has 0 radical (unpaired) electrons. The molecule has 0 unspecified atom stereocenters. The van der Waals surface area contributed by atoms with Gasteiger partial charge < -0.3 is 15.0 Å². The number of hydrogen-bond donors (Lipinski definition) is 1. The average molecular weight is 698 g/mol. The molecule has 0 aliphatic heterocycles. The standard InChI is InChI=1S/C28H31BrCl2N6O4S/c1-28(2,3)41-27(38)17-37(42(39,40)21-13-18(30)12-19(31)14-21)20-6-7-24-22(15-20)23(29)16-36(24)26-9-8-25(33-34-26)32-10-11-35(4)5/h6-9,12-16H,10-11,17H2,1-5H3,(H,32,33). The summed E-state index contributed by atoms with van der Waals surface area (Å²) in [7, 11) is -0.293. The van der Waals surface area contributed by atoms with Crippen molar-refractivity contribution >= 4 is 77.5 Å². The van der Waals surface area contributed by atoms with E-state index in [1.165, 1.54) is 18.2 Å². The van der Waals surface area contributed by atoms with Crippen molar-refractivity contribution in [2.24, 2.45) is 0 Å². The van der Waals surface area contributed by atoms with Crippen molar-refractivity contribution in [1.82, 2.24) is 19.7 Å². The second kappa shape index (κ2) is 12.8. The van der Waals surface area contributed by atoms with Gasteiger partial charge in [0.2, 0.25) is 0 Å². The smallest absolute Gasteiger partial charge is 0.327 e. The highest BCUT2D eigenvalue weighted by molar-refractivity contribution is 9.10. The van der Waals surface area contributed by atoms with E-state index in [0.717, 1.165) is 22.9 Å². The fourth-order valence-corrected chi connectivity index (χ4v) is 6.74. The van der Waals surface area contributed by atoms with Crippen LogP contribution in [0, 0.1) is 0 Å². The maximum atomic E-state index is 13.9. The summed E-state index contributed by atoms with van der Waals surface area (Å²) < 4.78 is 36.7. The van der Waals surface area contributed by atoms with E-state index in [4.69, 9.17) is 27.9 Å². The third-order valence-corrected chi connectivity index (χ3v) is 8.73. The number of halogens is 3. The van der Waals surface area contributed by atoms with E-state index < -0.39 is 28.1 Å². The molecule has 2 aromatic heterocycles. The third kappa shape index (κ3) is 7.73. The predicted molar refractivity (Wildman–Crippen MR) is 170 cm³/mol. The number of fused-ring (bicyclic) bond motifs is 1. The Labute approximate surface area is 263 Å². The van der Waals surface area contributed by atoms with Crippen molar-refractivity contribution in [1.29, 1.82) is 0 Å². The van der Waals surface area contributed by atoms with Crippen LogP contribution in [-0.2, 0) is 19.6 Å². The van der Waals surface area contributed by atoms with E-state index in [-0.39, 0.29) is 20.6 Å². The number of anilines is 2. The molecular formula is C28H31BrCl2N6O4S. The number of benzene rings is 2. The SMILES string of the molecule is CN(C)CCNc1ccc(-n2cc(Br)c3cc(N(CC(=O)OC(C)(C)C)S(=O)(=O)c4cc(Cl)cc(Cl)c4)ccc32)nn1. The Morgan fingerprint density at radius 2 is 1.74 bits per heavy atom. The van der Waals surface area contributed by atoms with Gasteiger partial charge in [-0.1, -0.05) is 23.2 Å². The normalized spacial score (nSPS) is 12.1. The number of aromatic nitrogens is 3. The molecule has 1 N–H and O–H groups in total. The van der Waals surface area contributed by atoms with Crippen LogP contribution in [-0.4, -0.2) is 73.4 Å². The zero-order valence-electron chi connectivity index (χ0n) is 23.7. The van der Waals surface area contributed by atoms with Crippen LogP contribution in [0.15, 0.2) is 64.1 Å². The van der Waals surface area contributed by atoms with Crippen LogP contribution >= 0.6 is 39.1 Å². The second-order valence-corrected chi connectivity index (χ2v) is 14.3. The van der Waals surface area contributed by atoms with Crippen LogP contribution in [0.5, 0.6) is 0 Å². The number of likely N-dealkylation sites (N-methyl/N-ethyl adjacent to an activating group) is 1. The molecule has 0 fully saturated rings. The van der Waals surface area contributed by atoms with Crippen molar-refractivity contribution in [2.75, 3.05) is 43.4 Å². The summed E-state index contributed by atoms with van der Waals surface area (Å²) in [4.78, 5) is 14.8. The highest BCUT2D eigenvalue weighted by atomic mass is 79.9. The molecule has 2 aromatic carbocycles. The van der Waals surface area contributed by atoms with Gasteiger partial charge in [-0.2, -0.15) is 0 Å². The highest BCUT2D eigenvalue weighted by Gasteiger charge is 2.30. The van der Waals surface area contributed by atoms with Crippen LogP contribution < -0.4 is 9.62 Å². The predicted octanol–water partition coefficient (Wildman–Crippen LogP) is 6.00. The lowest BCUT2D eigenvalue weighted by molar-refractivity contribution is -0.152. The lowest BCUT2D eigenvalue weighted by Gasteiger charge is -2.26. The van der Waals surface area contributed by atoms with Crippen molar-refractivity contribution in [3.8, 4) is 5.82 Å². The number of sulfonamides is 1. The van der Waals surface area contributed by atoms with Gasteiger partial charge in [0, 0.05) is 39.2 Å². The number of nitrogens with one attached hydrogen (secondary N) is 1. The number of hydrogen-bond acceptors (Lipinski definition) is 8. The first-order chi connectivity index (χ1) is 19.6. The van der Waals surface area contributed by atoms with Crippen LogP contribution in [0.4, 0.5) is 11.5 Å². The molecule has 224 valence electrons. The Bertz CT molecular complexity index is 1690. The van der Waals surface area contributed by atoms with Crippen LogP contribution in [0.1, 0.15) is 20.8 Å². The molecule has 4 aromatic rings. The van der Waals surface area contributed by atoms with Crippen molar-refractivity contribution in [3.63, 3.8) is 0 Å². The molecule has 4 rings (SSSR count). The summed E-state index contributed by atoms with van der Waals surface area (Å²) in [5.74, 6) is 0.511. The van der Waals surface area contributed by atoms with Gasteiger partial charge >= 0.3 is 5.97 Å². The van der Waals surface area contributed by atoms with Gasteiger partial charge in [-0.3, -0.25) is 13.7 Å². The van der Waals surface area contributed by atoms with Crippen LogP contribution in [0.25, 0.3) is 16.7 Å². The summed E-state index contributed by atoms with van der Waals surface area (Å²) in [5, 5.41) is 12.9. The number of esters is 1. The monoisotopic (exact) mass is 696 g/mol.